The summed E-state index contributed by atoms with van der Waals surface area (Å²) < 4.78 is 0. The van der Waals surface area contributed by atoms with Crippen LogP contribution >= 0.6 is 12.2 Å². The van der Waals surface area contributed by atoms with Crippen molar-refractivity contribution in [3.8, 4) is 0 Å². The van der Waals surface area contributed by atoms with Crippen LogP contribution in [0, 0.1) is 11.8 Å². The van der Waals surface area contributed by atoms with E-state index in [4.69, 9.17) is 12.2 Å². The van der Waals surface area contributed by atoms with E-state index in [0.717, 1.165) is 29.1 Å². The third-order valence-corrected chi connectivity index (χ3v) is 4.89. The van der Waals surface area contributed by atoms with Gasteiger partial charge in [0.05, 0.1) is 0 Å². The molecule has 2 nitrogen and oxygen atoms in total. The Morgan fingerprint density at radius 1 is 1.21 bits per heavy atom. The molecule has 3 heteroatoms. The molecule has 0 aromatic heterocycles. The lowest BCUT2D eigenvalue weighted by Crippen LogP contribution is -2.40. The van der Waals surface area contributed by atoms with Crippen LogP contribution in [0.2, 0.25) is 0 Å². The average Bonchev–Trinajstić information content (AvgIpc) is 3.02. The molecule has 2 aliphatic rings. The molecule has 2 saturated carbocycles. The van der Waals surface area contributed by atoms with Gasteiger partial charge in [-0.15, -0.1) is 0 Å². The van der Waals surface area contributed by atoms with Gasteiger partial charge < -0.3 is 10.6 Å². The van der Waals surface area contributed by atoms with Gasteiger partial charge in [-0.3, -0.25) is 0 Å². The predicted octanol–water partition coefficient (Wildman–Crippen LogP) is 3.72. The quantitative estimate of drug-likeness (QED) is 0.821. The second kappa shape index (κ2) is 5.49. The zero-order chi connectivity index (χ0) is 13.2. The highest BCUT2D eigenvalue weighted by atomic mass is 32.1. The lowest BCUT2D eigenvalue weighted by atomic mass is 9.96. The number of rotatable bonds is 3. The number of aryl methyl sites for hydroxylation is 1. The number of anilines is 1. The Kier molecular flexibility index (Phi) is 3.74. The third kappa shape index (κ3) is 2.92. The van der Waals surface area contributed by atoms with E-state index in [1.54, 1.807) is 0 Å². The van der Waals surface area contributed by atoms with Gasteiger partial charge in [-0.05, 0) is 67.4 Å². The van der Waals surface area contributed by atoms with Crippen molar-refractivity contribution in [3.05, 3.63) is 29.8 Å². The van der Waals surface area contributed by atoms with Gasteiger partial charge in [0.15, 0.2) is 5.11 Å². The van der Waals surface area contributed by atoms with Gasteiger partial charge in [0.1, 0.15) is 0 Å². The smallest absolute Gasteiger partial charge is 0.171 e. The second-order valence-electron chi connectivity index (χ2n) is 5.93. The minimum atomic E-state index is 0.605. The molecule has 0 amide bonds. The third-order valence-electron chi connectivity index (χ3n) is 4.67. The Bertz CT molecular complexity index is 454. The SMILES string of the molecule is CCc1ccc(NC(=S)N[C@@H]2C[C@@H]3CC[C@@H]2C3)cc1. The number of fused-ring (bicyclic) bond motifs is 2. The Morgan fingerprint density at radius 2 is 2.00 bits per heavy atom. The van der Waals surface area contributed by atoms with E-state index in [-0.39, 0.29) is 0 Å². The van der Waals surface area contributed by atoms with Crippen LogP contribution in [0.25, 0.3) is 0 Å². The molecule has 2 fully saturated rings. The average molecular weight is 274 g/mol. The van der Waals surface area contributed by atoms with Crippen molar-refractivity contribution in [2.45, 2.75) is 45.1 Å². The molecule has 0 heterocycles. The fraction of sp³-hybridized carbons (Fsp3) is 0.562. The van der Waals surface area contributed by atoms with Crippen LogP contribution in [0.5, 0.6) is 0 Å². The van der Waals surface area contributed by atoms with Gasteiger partial charge in [-0.1, -0.05) is 25.5 Å². The van der Waals surface area contributed by atoms with Crippen LogP contribution < -0.4 is 10.6 Å². The van der Waals surface area contributed by atoms with Gasteiger partial charge in [-0.25, -0.2) is 0 Å². The lowest BCUT2D eigenvalue weighted by Gasteiger charge is -2.24. The molecule has 2 aliphatic carbocycles. The van der Waals surface area contributed by atoms with E-state index < -0.39 is 0 Å². The molecule has 0 aliphatic heterocycles. The van der Waals surface area contributed by atoms with Crippen molar-refractivity contribution in [1.29, 1.82) is 0 Å². The number of thiocarbonyl (C=S) groups is 1. The highest BCUT2D eigenvalue weighted by molar-refractivity contribution is 7.80. The summed E-state index contributed by atoms with van der Waals surface area (Å²) in [5.74, 6) is 1.81. The molecule has 0 unspecified atom stereocenters. The molecule has 0 radical (unpaired) electrons. The van der Waals surface area contributed by atoms with Crippen molar-refractivity contribution in [2.24, 2.45) is 11.8 Å². The molecule has 0 saturated heterocycles. The van der Waals surface area contributed by atoms with E-state index in [9.17, 15) is 0 Å². The van der Waals surface area contributed by atoms with Crippen LogP contribution in [-0.4, -0.2) is 11.2 Å². The summed E-state index contributed by atoms with van der Waals surface area (Å²) in [6, 6.07) is 9.13. The summed E-state index contributed by atoms with van der Waals surface area (Å²) in [4.78, 5) is 0. The molecule has 3 atom stereocenters. The minimum Gasteiger partial charge on any atom is -0.359 e. The first-order chi connectivity index (χ1) is 9.24. The van der Waals surface area contributed by atoms with E-state index in [1.165, 1.54) is 31.2 Å². The molecule has 2 N–H and O–H groups in total. The fourth-order valence-corrected chi connectivity index (χ4v) is 3.85. The Hall–Kier alpha value is -1.09. The predicted molar refractivity (Wildman–Crippen MR) is 84.4 cm³/mol. The van der Waals surface area contributed by atoms with Crippen LogP contribution in [0.4, 0.5) is 5.69 Å². The summed E-state index contributed by atoms with van der Waals surface area (Å²) >= 11 is 5.43. The highest BCUT2D eigenvalue weighted by Crippen LogP contribution is 2.44. The molecule has 19 heavy (non-hydrogen) atoms. The zero-order valence-corrected chi connectivity index (χ0v) is 12.3. The molecule has 2 bridgehead atoms. The number of benzene rings is 1. The normalized spacial score (nSPS) is 28.4. The van der Waals surface area contributed by atoms with E-state index in [0.29, 0.717) is 6.04 Å². The van der Waals surface area contributed by atoms with Gasteiger partial charge in [0.25, 0.3) is 0 Å². The first-order valence-electron chi connectivity index (χ1n) is 7.41. The molecule has 1 aromatic carbocycles. The van der Waals surface area contributed by atoms with Crippen molar-refractivity contribution in [3.63, 3.8) is 0 Å². The highest BCUT2D eigenvalue weighted by Gasteiger charge is 2.39. The van der Waals surface area contributed by atoms with Crippen molar-refractivity contribution >= 4 is 23.0 Å². The molecular weight excluding hydrogens is 252 g/mol. The minimum absolute atomic E-state index is 0.605. The summed E-state index contributed by atoms with van der Waals surface area (Å²) in [5, 5.41) is 7.59. The van der Waals surface area contributed by atoms with E-state index >= 15 is 0 Å². The van der Waals surface area contributed by atoms with Crippen LogP contribution in [0.3, 0.4) is 0 Å². The van der Waals surface area contributed by atoms with Gasteiger partial charge >= 0.3 is 0 Å². The maximum Gasteiger partial charge on any atom is 0.171 e. The van der Waals surface area contributed by atoms with Crippen molar-refractivity contribution in [2.75, 3.05) is 5.32 Å². The zero-order valence-electron chi connectivity index (χ0n) is 11.5. The van der Waals surface area contributed by atoms with Crippen LogP contribution in [-0.2, 0) is 6.42 Å². The largest absolute Gasteiger partial charge is 0.359 e. The molecule has 3 rings (SSSR count). The van der Waals surface area contributed by atoms with Crippen molar-refractivity contribution < 1.29 is 0 Å². The Balaban J connectivity index is 1.53. The molecule has 1 aromatic rings. The molecule has 0 spiro atoms. The molecule has 102 valence electrons. The van der Waals surface area contributed by atoms with Crippen LogP contribution in [0.1, 0.15) is 38.2 Å². The lowest BCUT2D eigenvalue weighted by molar-refractivity contribution is 0.392. The van der Waals surface area contributed by atoms with Crippen molar-refractivity contribution in [1.82, 2.24) is 5.32 Å². The first kappa shape index (κ1) is 12.9. The van der Waals surface area contributed by atoms with E-state index in [2.05, 4.69) is 41.8 Å². The van der Waals surface area contributed by atoms with Crippen LogP contribution in [0.15, 0.2) is 24.3 Å². The van der Waals surface area contributed by atoms with Gasteiger partial charge in [0, 0.05) is 11.7 Å². The monoisotopic (exact) mass is 274 g/mol. The molecular formula is C16H22N2S. The Labute approximate surface area is 121 Å². The summed E-state index contributed by atoms with van der Waals surface area (Å²) in [7, 11) is 0. The maximum absolute atomic E-state index is 5.43. The maximum atomic E-state index is 5.43. The number of hydrogen-bond donors (Lipinski definition) is 2. The summed E-state index contributed by atoms with van der Waals surface area (Å²) in [6.45, 7) is 2.17. The Morgan fingerprint density at radius 3 is 2.58 bits per heavy atom. The van der Waals surface area contributed by atoms with Gasteiger partial charge in [-0.2, -0.15) is 0 Å². The van der Waals surface area contributed by atoms with Gasteiger partial charge in [0.2, 0.25) is 0 Å². The summed E-state index contributed by atoms with van der Waals surface area (Å²) in [5.41, 5.74) is 2.44. The van der Waals surface area contributed by atoms with E-state index in [1.807, 2.05) is 0 Å². The first-order valence-corrected chi connectivity index (χ1v) is 7.82. The standard InChI is InChI=1S/C16H22N2S/c1-2-11-4-7-14(8-5-11)17-16(19)18-15-10-12-3-6-13(15)9-12/h4-5,7-8,12-13,15H,2-3,6,9-10H2,1H3,(H2,17,18,19)/t12-,13-,15-/m1/s1. The number of nitrogens with one attached hydrogen (secondary N) is 2. The fourth-order valence-electron chi connectivity index (χ4n) is 3.58. The number of hydrogen-bond acceptors (Lipinski definition) is 1. The summed E-state index contributed by atoms with van der Waals surface area (Å²) in [6.07, 6.45) is 6.61. The topological polar surface area (TPSA) is 24.1 Å². The second-order valence-corrected chi connectivity index (χ2v) is 6.34.